The fraction of sp³-hybridized carbons (Fsp3) is 0.562. The third-order valence-electron chi connectivity index (χ3n) is 4.66. The normalized spacial score (nSPS) is 24.9. The molecule has 20 heavy (non-hydrogen) atoms. The summed E-state index contributed by atoms with van der Waals surface area (Å²) in [5.41, 5.74) is 2.38. The fourth-order valence-corrected chi connectivity index (χ4v) is 3.34. The van der Waals surface area contributed by atoms with E-state index in [2.05, 4.69) is 29.3 Å². The molecule has 3 rings (SSSR count). The summed E-state index contributed by atoms with van der Waals surface area (Å²) in [6.45, 7) is 6.19. The zero-order valence-corrected chi connectivity index (χ0v) is 12.8. The summed E-state index contributed by atoms with van der Waals surface area (Å²) in [7, 11) is 0. The number of nitrogens with one attached hydrogen (secondary N) is 1. The van der Waals surface area contributed by atoms with Crippen molar-refractivity contribution in [3.8, 4) is 0 Å². The highest BCUT2D eigenvalue weighted by atomic mass is 35.5. The Labute approximate surface area is 127 Å². The van der Waals surface area contributed by atoms with Crippen LogP contribution in [0.1, 0.15) is 17.5 Å². The predicted octanol–water partition coefficient (Wildman–Crippen LogP) is 2.03. The number of carbonyl (C=O) groups excluding carboxylic acids is 1. The van der Waals surface area contributed by atoms with Crippen LogP contribution in [0.15, 0.2) is 24.3 Å². The standard InChI is InChI=1S/C16H22N2O.ClH/c1-12-4-2-3-5-13(12)8-16(19)18-7-6-14-9-17-10-15(14)11-18;/h2-5,14-15,17H,6-11H2,1H3;1H. The van der Waals surface area contributed by atoms with Crippen molar-refractivity contribution < 1.29 is 4.79 Å². The van der Waals surface area contributed by atoms with Crippen molar-refractivity contribution in [1.29, 1.82) is 0 Å². The number of likely N-dealkylation sites (tertiary alicyclic amines) is 1. The van der Waals surface area contributed by atoms with Gasteiger partial charge in [-0.2, -0.15) is 0 Å². The molecule has 3 nitrogen and oxygen atoms in total. The Morgan fingerprint density at radius 1 is 1.30 bits per heavy atom. The SMILES string of the molecule is Cc1ccccc1CC(=O)N1CCC2CNCC2C1.Cl. The molecule has 110 valence electrons. The van der Waals surface area contributed by atoms with Crippen molar-refractivity contribution in [3.63, 3.8) is 0 Å². The summed E-state index contributed by atoms with van der Waals surface area (Å²) in [5.74, 6) is 1.76. The first-order chi connectivity index (χ1) is 9.24. The maximum Gasteiger partial charge on any atom is 0.227 e. The Balaban J connectivity index is 0.00000147. The molecule has 0 aliphatic carbocycles. The lowest BCUT2D eigenvalue weighted by Gasteiger charge is -2.34. The third-order valence-corrected chi connectivity index (χ3v) is 4.66. The van der Waals surface area contributed by atoms with E-state index in [1.807, 2.05) is 12.1 Å². The van der Waals surface area contributed by atoms with Crippen molar-refractivity contribution in [2.24, 2.45) is 11.8 Å². The van der Waals surface area contributed by atoms with Gasteiger partial charge in [-0.3, -0.25) is 4.79 Å². The quantitative estimate of drug-likeness (QED) is 0.905. The van der Waals surface area contributed by atoms with Crippen LogP contribution in [0, 0.1) is 18.8 Å². The number of benzene rings is 1. The molecule has 2 saturated heterocycles. The second-order valence-corrected chi connectivity index (χ2v) is 5.91. The molecule has 0 spiro atoms. The number of hydrogen-bond acceptors (Lipinski definition) is 2. The number of rotatable bonds is 2. The van der Waals surface area contributed by atoms with Gasteiger partial charge in [-0.1, -0.05) is 24.3 Å². The zero-order chi connectivity index (χ0) is 13.2. The lowest BCUT2D eigenvalue weighted by molar-refractivity contribution is -0.132. The molecule has 2 aliphatic rings. The molecular formula is C16H23ClN2O. The first-order valence-electron chi connectivity index (χ1n) is 7.27. The van der Waals surface area contributed by atoms with Crippen LogP contribution in [-0.4, -0.2) is 37.0 Å². The van der Waals surface area contributed by atoms with Crippen molar-refractivity contribution in [1.82, 2.24) is 10.2 Å². The van der Waals surface area contributed by atoms with Gasteiger partial charge < -0.3 is 10.2 Å². The van der Waals surface area contributed by atoms with Crippen LogP contribution < -0.4 is 5.32 Å². The van der Waals surface area contributed by atoms with Gasteiger partial charge in [0.1, 0.15) is 0 Å². The molecule has 0 radical (unpaired) electrons. The van der Waals surface area contributed by atoms with Gasteiger partial charge in [-0.25, -0.2) is 0 Å². The molecule has 2 aliphatic heterocycles. The monoisotopic (exact) mass is 294 g/mol. The number of fused-ring (bicyclic) bond motifs is 1. The molecule has 1 N–H and O–H groups in total. The van der Waals surface area contributed by atoms with E-state index in [4.69, 9.17) is 0 Å². The Hall–Kier alpha value is -1.06. The van der Waals surface area contributed by atoms with Crippen LogP contribution in [0.4, 0.5) is 0 Å². The van der Waals surface area contributed by atoms with Crippen LogP contribution in [0.25, 0.3) is 0 Å². The summed E-state index contributed by atoms with van der Waals surface area (Å²) in [6.07, 6.45) is 1.72. The second-order valence-electron chi connectivity index (χ2n) is 5.91. The van der Waals surface area contributed by atoms with Crippen LogP contribution in [0.5, 0.6) is 0 Å². The molecule has 2 heterocycles. The average molecular weight is 295 g/mol. The Kier molecular flexibility index (Phi) is 5.06. The molecule has 0 bridgehead atoms. The molecule has 1 aromatic carbocycles. The summed E-state index contributed by atoms with van der Waals surface area (Å²) in [6, 6.07) is 8.19. The van der Waals surface area contributed by atoms with Gasteiger partial charge in [0.2, 0.25) is 5.91 Å². The highest BCUT2D eigenvalue weighted by Gasteiger charge is 2.34. The number of hydrogen-bond donors (Lipinski definition) is 1. The molecular weight excluding hydrogens is 272 g/mol. The van der Waals surface area contributed by atoms with E-state index in [9.17, 15) is 4.79 Å². The number of piperidine rings is 1. The lowest BCUT2D eigenvalue weighted by atomic mass is 9.88. The highest BCUT2D eigenvalue weighted by Crippen LogP contribution is 2.26. The van der Waals surface area contributed by atoms with Crippen LogP contribution in [0.2, 0.25) is 0 Å². The first kappa shape index (κ1) is 15.3. The lowest BCUT2D eigenvalue weighted by Crippen LogP contribution is -2.44. The van der Waals surface area contributed by atoms with Crippen molar-refractivity contribution in [2.75, 3.05) is 26.2 Å². The molecule has 2 unspecified atom stereocenters. The highest BCUT2D eigenvalue weighted by molar-refractivity contribution is 5.85. The molecule has 2 fully saturated rings. The minimum absolute atomic E-state index is 0. The van der Waals surface area contributed by atoms with E-state index >= 15 is 0 Å². The molecule has 0 saturated carbocycles. The summed E-state index contributed by atoms with van der Waals surface area (Å²) in [4.78, 5) is 14.5. The largest absolute Gasteiger partial charge is 0.342 e. The smallest absolute Gasteiger partial charge is 0.227 e. The van der Waals surface area contributed by atoms with E-state index < -0.39 is 0 Å². The molecule has 0 aromatic heterocycles. The van der Waals surface area contributed by atoms with Gasteiger partial charge in [0, 0.05) is 13.1 Å². The van der Waals surface area contributed by atoms with Crippen LogP contribution in [-0.2, 0) is 11.2 Å². The van der Waals surface area contributed by atoms with Gasteiger partial charge >= 0.3 is 0 Å². The minimum atomic E-state index is 0. The summed E-state index contributed by atoms with van der Waals surface area (Å²) >= 11 is 0. The van der Waals surface area contributed by atoms with Crippen LogP contribution in [0.3, 0.4) is 0 Å². The summed E-state index contributed by atoms with van der Waals surface area (Å²) in [5, 5.41) is 3.44. The topological polar surface area (TPSA) is 32.3 Å². The number of halogens is 1. The first-order valence-corrected chi connectivity index (χ1v) is 7.27. The predicted molar refractivity (Wildman–Crippen MR) is 83.2 cm³/mol. The van der Waals surface area contributed by atoms with Gasteiger partial charge in [0.05, 0.1) is 6.42 Å². The van der Waals surface area contributed by atoms with E-state index in [0.717, 1.165) is 38.5 Å². The van der Waals surface area contributed by atoms with Crippen LogP contribution >= 0.6 is 12.4 Å². The average Bonchev–Trinajstić information content (AvgIpc) is 2.88. The van der Waals surface area contributed by atoms with E-state index in [0.29, 0.717) is 18.2 Å². The Bertz CT molecular complexity index is 477. The van der Waals surface area contributed by atoms with Gasteiger partial charge in [-0.15, -0.1) is 12.4 Å². The number of amides is 1. The fourth-order valence-electron chi connectivity index (χ4n) is 3.34. The maximum absolute atomic E-state index is 12.4. The Morgan fingerprint density at radius 3 is 2.85 bits per heavy atom. The molecule has 1 aromatic rings. The minimum Gasteiger partial charge on any atom is -0.342 e. The molecule has 2 atom stereocenters. The molecule has 4 heteroatoms. The number of aryl methyl sites for hydroxylation is 1. The summed E-state index contributed by atoms with van der Waals surface area (Å²) < 4.78 is 0. The van der Waals surface area contributed by atoms with Gasteiger partial charge in [0.25, 0.3) is 0 Å². The maximum atomic E-state index is 12.4. The van der Waals surface area contributed by atoms with Gasteiger partial charge in [-0.05, 0) is 49.4 Å². The zero-order valence-electron chi connectivity index (χ0n) is 12.0. The van der Waals surface area contributed by atoms with Crippen molar-refractivity contribution in [2.45, 2.75) is 19.8 Å². The Morgan fingerprint density at radius 2 is 2.05 bits per heavy atom. The van der Waals surface area contributed by atoms with E-state index in [-0.39, 0.29) is 12.4 Å². The second kappa shape index (κ2) is 6.59. The third kappa shape index (κ3) is 3.15. The van der Waals surface area contributed by atoms with Crippen molar-refractivity contribution in [3.05, 3.63) is 35.4 Å². The van der Waals surface area contributed by atoms with Crippen molar-refractivity contribution >= 4 is 18.3 Å². The van der Waals surface area contributed by atoms with E-state index in [1.54, 1.807) is 0 Å². The number of nitrogens with zero attached hydrogens (tertiary/aromatic N) is 1. The molecule has 1 amide bonds. The van der Waals surface area contributed by atoms with Gasteiger partial charge in [0.15, 0.2) is 0 Å². The van der Waals surface area contributed by atoms with E-state index in [1.165, 1.54) is 11.1 Å². The number of carbonyl (C=O) groups is 1.